The maximum Gasteiger partial charge on any atom is 0.408 e. The molecule has 0 aromatic heterocycles. The lowest BCUT2D eigenvalue weighted by Gasteiger charge is -2.22. The minimum Gasteiger partial charge on any atom is -0.491 e. The quantitative estimate of drug-likeness (QED) is 0.870. The van der Waals surface area contributed by atoms with Crippen molar-refractivity contribution >= 4 is 6.09 Å². The van der Waals surface area contributed by atoms with Crippen molar-refractivity contribution in [3.8, 4) is 5.75 Å². The van der Waals surface area contributed by atoms with E-state index in [9.17, 15) is 4.79 Å². The molecule has 1 amide bonds. The number of ether oxygens (including phenoxy) is 2. The van der Waals surface area contributed by atoms with E-state index in [1.54, 1.807) is 12.1 Å². The molecule has 112 valence electrons. The Balaban J connectivity index is 2.55. The highest BCUT2D eigenvalue weighted by Crippen LogP contribution is 2.18. The number of aliphatic hydroxyl groups excluding tert-OH is 1. The SMILES string of the molecule is CC(NC(=O)OC(C)(C)C)c1ccc(OCCO)cc1. The van der Waals surface area contributed by atoms with Crippen LogP contribution in [0.25, 0.3) is 0 Å². The summed E-state index contributed by atoms with van der Waals surface area (Å²) >= 11 is 0. The summed E-state index contributed by atoms with van der Waals surface area (Å²) in [6.45, 7) is 7.61. The highest BCUT2D eigenvalue weighted by Gasteiger charge is 2.18. The average Bonchev–Trinajstić information content (AvgIpc) is 2.34. The zero-order chi connectivity index (χ0) is 15.2. The van der Waals surface area contributed by atoms with Gasteiger partial charge in [0.05, 0.1) is 12.6 Å². The Morgan fingerprint density at radius 3 is 2.40 bits per heavy atom. The van der Waals surface area contributed by atoms with Crippen molar-refractivity contribution in [1.29, 1.82) is 0 Å². The van der Waals surface area contributed by atoms with Gasteiger partial charge in [-0.2, -0.15) is 0 Å². The van der Waals surface area contributed by atoms with E-state index in [0.29, 0.717) is 5.75 Å². The van der Waals surface area contributed by atoms with Crippen molar-refractivity contribution in [2.45, 2.75) is 39.3 Å². The van der Waals surface area contributed by atoms with Gasteiger partial charge in [-0.3, -0.25) is 0 Å². The van der Waals surface area contributed by atoms with Crippen LogP contribution in [0.3, 0.4) is 0 Å². The van der Waals surface area contributed by atoms with Crippen molar-refractivity contribution < 1.29 is 19.4 Å². The maximum absolute atomic E-state index is 11.7. The Kier molecular flexibility index (Phi) is 5.82. The van der Waals surface area contributed by atoms with Gasteiger partial charge >= 0.3 is 6.09 Å². The normalized spacial score (nSPS) is 12.7. The molecule has 1 atom stereocenters. The number of hydrogen-bond donors (Lipinski definition) is 2. The predicted molar refractivity (Wildman–Crippen MR) is 76.8 cm³/mol. The minimum atomic E-state index is -0.508. The number of hydrogen-bond acceptors (Lipinski definition) is 4. The summed E-state index contributed by atoms with van der Waals surface area (Å²) in [5, 5.41) is 11.4. The lowest BCUT2D eigenvalue weighted by molar-refractivity contribution is 0.0508. The smallest absolute Gasteiger partial charge is 0.408 e. The molecule has 0 saturated carbocycles. The molecule has 1 unspecified atom stereocenters. The second-order valence-corrected chi connectivity index (χ2v) is 5.51. The number of alkyl carbamates (subject to hydrolysis) is 1. The first kappa shape index (κ1) is 16.3. The summed E-state index contributed by atoms with van der Waals surface area (Å²) in [5.74, 6) is 0.687. The summed E-state index contributed by atoms with van der Waals surface area (Å²) in [5.41, 5.74) is 0.443. The number of carbonyl (C=O) groups excluding carboxylic acids is 1. The minimum absolute atomic E-state index is 0.0155. The van der Waals surface area contributed by atoms with Gasteiger partial charge < -0.3 is 19.9 Å². The molecule has 1 aromatic rings. The highest BCUT2D eigenvalue weighted by molar-refractivity contribution is 5.68. The third-order valence-corrected chi connectivity index (χ3v) is 2.47. The standard InChI is InChI=1S/C15H23NO4/c1-11(16-14(18)20-15(2,3)4)12-5-7-13(8-6-12)19-10-9-17/h5-8,11,17H,9-10H2,1-4H3,(H,16,18). The Bertz CT molecular complexity index is 422. The molecule has 0 aliphatic carbocycles. The van der Waals surface area contributed by atoms with E-state index in [-0.39, 0.29) is 19.3 Å². The van der Waals surface area contributed by atoms with Crippen LogP contribution in [0.15, 0.2) is 24.3 Å². The van der Waals surface area contributed by atoms with Crippen molar-refractivity contribution in [3.05, 3.63) is 29.8 Å². The van der Waals surface area contributed by atoms with Gasteiger partial charge in [0.1, 0.15) is 18.0 Å². The largest absolute Gasteiger partial charge is 0.491 e. The molecular formula is C15H23NO4. The van der Waals surface area contributed by atoms with Gasteiger partial charge in [-0.1, -0.05) is 12.1 Å². The van der Waals surface area contributed by atoms with Crippen LogP contribution in [0, 0.1) is 0 Å². The second kappa shape index (κ2) is 7.14. The van der Waals surface area contributed by atoms with Crippen LogP contribution in [-0.2, 0) is 4.74 Å². The first-order valence-corrected chi connectivity index (χ1v) is 6.65. The van der Waals surface area contributed by atoms with Crippen LogP contribution in [-0.4, -0.2) is 30.0 Å². The predicted octanol–water partition coefficient (Wildman–Crippen LogP) is 2.64. The molecule has 0 fully saturated rings. The topological polar surface area (TPSA) is 67.8 Å². The molecule has 0 spiro atoms. The maximum atomic E-state index is 11.7. The first-order valence-electron chi connectivity index (χ1n) is 6.65. The van der Waals surface area contributed by atoms with E-state index in [2.05, 4.69) is 5.32 Å². The zero-order valence-electron chi connectivity index (χ0n) is 12.5. The summed E-state index contributed by atoms with van der Waals surface area (Å²) in [4.78, 5) is 11.7. The highest BCUT2D eigenvalue weighted by atomic mass is 16.6. The molecule has 0 bridgehead atoms. The Morgan fingerprint density at radius 2 is 1.90 bits per heavy atom. The second-order valence-electron chi connectivity index (χ2n) is 5.51. The Labute approximate surface area is 119 Å². The molecule has 0 aliphatic heterocycles. The zero-order valence-corrected chi connectivity index (χ0v) is 12.5. The van der Waals surface area contributed by atoms with Gasteiger partial charge in [0, 0.05) is 0 Å². The van der Waals surface area contributed by atoms with Gasteiger partial charge in [0.15, 0.2) is 0 Å². The summed E-state index contributed by atoms with van der Waals surface area (Å²) in [6, 6.07) is 7.19. The Hall–Kier alpha value is -1.75. The summed E-state index contributed by atoms with van der Waals surface area (Å²) in [7, 11) is 0. The molecule has 1 aromatic carbocycles. The van der Waals surface area contributed by atoms with Crippen LogP contribution < -0.4 is 10.1 Å². The summed E-state index contributed by atoms with van der Waals surface area (Å²) < 4.78 is 10.5. The van der Waals surface area contributed by atoms with Gasteiger partial charge in [-0.25, -0.2) is 4.79 Å². The molecule has 20 heavy (non-hydrogen) atoms. The number of amides is 1. The van der Waals surface area contributed by atoms with E-state index >= 15 is 0 Å². The van der Waals surface area contributed by atoms with E-state index in [0.717, 1.165) is 5.56 Å². The average molecular weight is 281 g/mol. The monoisotopic (exact) mass is 281 g/mol. The van der Waals surface area contributed by atoms with E-state index in [1.165, 1.54) is 0 Å². The number of benzene rings is 1. The fraction of sp³-hybridized carbons (Fsp3) is 0.533. The van der Waals surface area contributed by atoms with Crippen LogP contribution in [0.2, 0.25) is 0 Å². The van der Waals surface area contributed by atoms with Crippen molar-refractivity contribution in [3.63, 3.8) is 0 Å². The third-order valence-electron chi connectivity index (χ3n) is 2.47. The fourth-order valence-corrected chi connectivity index (χ4v) is 1.58. The van der Waals surface area contributed by atoms with Crippen LogP contribution in [0.4, 0.5) is 4.79 Å². The molecule has 0 saturated heterocycles. The number of carbonyl (C=O) groups is 1. The molecule has 0 aliphatic rings. The van der Waals surface area contributed by atoms with Gasteiger partial charge in [-0.15, -0.1) is 0 Å². The first-order chi connectivity index (χ1) is 9.31. The van der Waals surface area contributed by atoms with Crippen molar-refractivity contribution in [2.24, 2.45) is 0 Å². The third kappa shape index (κ3) is 5.93. The van der Waals surface area contributed by atoms with Crippen molar-refractivity contribution in [1.82, 2.24) is 5.32 Å². The van der Waals surface area contributed by atoms with Gasteiger partial charge in [0.25, 0.3) is 0 Å². The van der Waals surface area contributed by atoms with Crippen LogP contribution in [0.5, 0.6) is 5.75 Å². The van der Waals surface area contributed by atoms with Crippen LogP contribution >= 0.6 is 0 Å². The molecule has 2 N–H and O–H groups in total. The molecule has 1 rings (SSSR count). The fourth-order valence-electron chi connectivity index (χ4n) is 1.58. The number of aliphatic hydroxyl groups is 1. The van der Waals surface area contributed by atoms with Gasteiger partial charge in [0.2, 0.25) is 0 Å². The van der Waals surface area contributed by atoms with E-state index in [1.807, 2.05) is 39.8 Å². The summed E-state index contributed by atoms with van der Waals surface area (Å²) in [6.07, 6.45) is -0.439. The van der Waals surface area contributed by atoms with Crippen LogP contribution in [0.1, 0.15) is 39.3 Å². The van der Waals surface area contributed by atoms with Gasteiger partial charge in [-0.05, 0) is 45.4 Å². The molecule has 0 radical (unpaired) electrons. The lowest BCUT2D eigenvalue weighted by Crippen LogP contribution is -2.34. The molecular weight excluding hydrogens is 258 g/mol. The van der Waals surface area contributed by atoms with E-state index in [4.69, 9.17) is 14.6 Å². The molecule has 5 heteroatoms. The van der Waals surface area contributed by atoms with Crippen molar-refractivity contribution in [2.75, 3.05) is 13.2 Å². The number of rotatable bonds is 5. The molecule has 5 nitrogen and oxygen atoms in total. The Morgan fingerprint density at radius 1 is 1.30 bits per heavy atom. The number of nitrogens with one attached hydrogen (secondary N) is 1. The van der Waals surface area contributed by atoms with E-state index < -0.39 is 11.7 Å². The molecule has 0 heterocycles. The lowest BCUT2D eigenvalue weighted by atomic mass is 10.1.